The zero-order valence-electron chi connectivity index (χ0n) is 13.4. The lowest BCUT2D eigenvalue weighted by atomic mass is 10.1. The molecule has 0 radical (unpaired) electrons. The Morgan fingerprint density at radius 3 is 1.28 bits per heavy atom. The molecular weight excluding hydrogens is 222 g/mol. The third kappa shape index (κ3) is 18.3. The quantitative estimate of drug-likeness (QED) is 0.362. The number of hydrogen-bond donors (Lipinski definition) is 1. The van der Waals surface area contributed by atoms with Gasteiger partial charge in [0.05, 0.1) is 0 Å². The second-order valence-electron chi connectivity index (χ2n) is 4.78. The fraction of sp³-hybridized carbons (Fsp3) is 1.00. The minimum Gasteiger partial charge on any atom is -0.314 e. The molecule has 18 heavy (non-hydrogen) atoms. The zero-order chi connectivity index (χ0) is 14.1. The average molecular weight is 259 g/mol. The van der Waals surface area contributed by atoms with E-state index in [1.807, 2.05) is 13.8 Å². The molecule has 0 saturated heterocycles. The van der Waals surface area contributed by atoms with Crippen molar-refractivity contribution >= 4 is 0 Å². The molecule has 0 amide bonds. The Morgan fingerprint density at radius 1 is 0.611 bits per heavy atom. The Morgan fingerprint density at radius 2 is 0.944 bits per heavy atom. The highest BCUT2D eigenvalue weighted by Gasteiger charge is 1.99. The molecule has 0 unspecified atom stereocenters. The van der Waals surface area contributed by atoms with E-state index in [4.69, 9.17) is 0 Å². The molecule has 0 atom stereocenters. The van der Waals surface area contributed by atoms with Gasteiger partial charge in [0, 0.05) is 13.1 Å². The molecular formula is C16H37NO. The van der Waals surface area contributed by atoms with Crippen LogP contribution >= 0.6 is 0 Å². The molecule has 0 rings (SSSR count). The van der Waals surface area contributed by atoms with Crippen LogP contribution in [0.25, 0.3) is 0 Å². The van der Waals surface area contributed by atoms with Gasteiger partial charge in [0.2, 0.25) is 0 Å². The van der Waals surface area contributed by atoms with Crippen LogP contribution in [-0.4, -0.2) is 23.4 Å². The highest BCUT2D eigenvalue weighted by molar-refractivity contribution is 4.50. The monoisotopic (exact) mass is 259 g/mol. The van der Waals surface area contributed by atoms with Crippen LogP contribution in [0.2, 0.25) is 0 Å². The predicted molar refractivity (Wildman–Crippen MR) is 82.2 cm³/mol. The Labute approximate surface area is 116 Å². The summed E-state index contributed by atoms with van der Waals surface area (Å²) in [5, 5.41) is 11.1. The molecule has 0 bridgehead atoms. The Kier molecular flexibility index (Phi) is 21.7. The summed E-state index contributed by atoms with van der Waals surface area (Å²) >= 11 is 0. The Balaban J connectivity index is 0. The highest BCUT2D eigenvalue weighted by atomic mass is 16.5. The van der Waals surface area contributed by atoms with Crippen LogP contribution in [-0.2, 0) is 0 Å². The molecule has 0 heterocycles. The maximum absolute atomic E-state index is 9.60. The lowest BCUT2D eigenvalue weighted by Crippen LogP contribution is -2.21. The maximum atomic E-state index is 9.60. The van der Waals surface area contributed by atoms with Gasteiger partial charge in [-0.1, -0.05) is 79.1 Å². The molecule has 0 aliphatic heterocycles. The van der Waals surface area contributed by atoms with E-state index in [1.165, 1.54) is 56.4 Å². The van der Waals surface area contributed by atoms with Crippen LogP contribution in [0, 0.1) is 0 Å². The van der Waals surface area contributed by atoms with Gasteiger partial charge in [0.1, 0.15) is 0 Å². The van der Waals surface area contributed by atoms with Crippen molar-refractivity contribution in [2.75, 3.05) is 13.1 Å². The number of hydrogen-bond acceptors (Lipinski definition) is 2. The molecule has 2 nitrogen and oxygen atoms in total. The number of unbranched alkanes of at least 4 members (excludes halogenated alkanes) is 8. The Bertz CT molecular complexity index is 114. The minimum atomic E-state index is 0.859. The second kappa shape index (κ2) is 19.3. The fourth-order valence-corrected chi connectivity index (χ4v) is 1.91. The van der Waals surface area contributed by atoms with E-state index in [-0.39, 0.29) is 0 Å². The molecule has 0 fully saturated rings. The normalized spacial score (nSPS) is 10.3. The molecule has 0 aliphatic carbocycles. The SMILES string of the molecule is CC.CCCCCCCN(O)CCCCCCC. The summed E-state index contributed by atoms with van der Waals surface area (Å²) in [5.74, 6) is 0. The molecule has 0 aromatic heterocycles. The molecule has 0 aromatic rings. The van der Waals surface area contributed by atoms with Crippen molar-refractivity contribution < 1.29 is 5.21 Å². The summed E-state index contributed by atoms with van der Waals surface area (Å²) in [4.78, 5) is 0. The van der Waals surface area contributed by atoms with Crippen molar-refractivity contribution in [3.05, 3.63) is 0 Å². The van der Waals surface area contributed by atoms with E-state index >= 15 is 0 Å². The highest BCUT2D eigenvalue weighted by Crippen LogP contribution is 2.05. The average Bonchev–Trinajstić information content (AvgIpc) is 2.40. The number of hydroxylamine groups is 2. The molecule has 0 aromatic carbocycles. The van der Waals surface area contributed by atoms with E-state index in [9.17, 15) is 5.21 Å². The van der Waals surface area contributed by atoms with E-state index in [0.29, 0.717) is 0 Å². The van der Waals surface area contributed by atoms with Gasteiger partial charge in [0.25, 0.3) is 0 Å². The minimum absolute atomic E-state index is 0.859. The van der Waals surface area contributed by atoms with E-state index < -0.39 is 0 Å². The van der Waals surface area contributed by atoms with Crippen molar-refractivity contribution in [3.63, 3.8) is 0 Å². The molecule has 112 valence electrons. The van der Waals surface area contributed by atoms with Crippen molar-refractivity contribution in [1.29, 1.82) is 0 Å². The van der Waals surface area contributed by atoms with Crippen LogP contribution in [0.4, 0.5) is 0 Å². The summed E-state index contributed by atoms with van der Waals surface area (Å²) in [6.45, 7) is 10.2. The fourth-order valence-electron chi connectivity index (χ4n) is 1.91. The summed E-state index contributed by atoms with van der Waals surface area (Å²) in [6.07, 6.45) is 12.7. The predicted octanol–water partition coefficient (Wildman–Crippen LogP) is 5.64. The van der Waals surface area contributed by atoms with E-state index in [2.05, 4.69) is 13.8 Å². The van der Waals surface area contributed by atoms with Crippen LogP contribution < -0.4 is 0 Å². The molecule has 1 N–H and O–H groups in total. The van der Waals surface area contributed by atoms with E-state index in [1.54, 1.807) is 0 Å². The first-order valence-corrected chi connectivity index (χ1v) is 8.25. The van der Waals surface area contributed by atoms with Crippen molar-refractivity contribution in [3.8, 4) is 0 Å². The summed E-state index contributed by atoms with van der Waals surface area (Å²) in [5.41, 5.74) is 0. The summed E-state index contributed by atoms with van der Waals surface area (Å²) < 4.78 is 0. The van der Waals surface area contributed by atoms with Gasteiger partial charge < -0.3 is 5.21 Å². The van der Waals surface area contributed by atoms with Crippen molar-refractivity contribution in [2.45, 2.75) is 91.9 Å². The third-order valence-electron chi connectivity index (χ3n) is 3.04. The van der Waals surface area contributed by atoms with Crippen molar-refractivity contribution in [1.82, 2.24) is 5.06 Å². The first kappa shape index (κ1) is 20.2. The van der Waals surface area contributed by atoms with Gasteiger partial charge in [-0.05, 0) is 12.8 Å². The van der Waals surface area contributed by atoms with Crippen LogP contribution in [0.15, 0.2) is 0 Å². The molecule has 2 heteroatoms. The standard InChI is InChI=1S/C14H31NO.C2H6/c1-3-5-7-9-11-13-15(16)14-12-10-8-6-4-2;1-2/h16H,3-14H2,1-2H3;1-2H3. The van der Waals surface area contributed by atoms with E-state index in [0.717, 1.165) is 25.9 Å². The van der Waals surface area contributed by atoms with Gasteiger partial charge in [-0.15, -0.1) is 0 Å². The Hall–Kier alpha value is -0.0800. The van der Waals surface area contributed by atoms with Gasteiger partial charge in [-0.25, -0.2) is 0 Å². The summed E-state index contributed by atoms with van der Waals surface area (Å²) in [6, 6.07) is 0. The third-order valence-corrected chi connectivity index (χ3v) is 3.04. The van der Waals surface area contributed by atoms with Gasteiger partial charge in [0.15, 0.2) is 0 Å². The van der Waals surface area contributed by atoms with Crippen LogP contribution in [0.3, 0.4) is 0 Å². The topological polar surface area (TPSA) is 23.5 Å². The first-order chi connectivity index (χ1) is 8.81. The van der Waals surface area contributed by atoms with Crippen LogP contribution in [0.1, 0.15) is 91.9 Å². The number of nitrogens with zero attached hydrogens (tertiary/aromatic N) is 1. The first-order valence-electron chi connectivity index (χ1n) is 8.25. The van der Waals surface area contributed by atoms with Crippen molar-refractivity contribution in [2.24, 2.45) is 0 Å². The van der Waals surface area contributed by atoms with Gasteiger partial charge >= 0.3 is 0 Å². The lowest BCUT2D eigenvalue weighted by Gasteiger charge is -2.14. The zero-order valence-corrected chi connectivity index (χ0v) is 13.4. The lowest BCUT2D eigenvalue weighted by molar-refractivity contribution is -0.0925. The number of rotatable bonds is 12. The second-order valence-corrected chi connectivity index (χ2v) is 4.78. The molecule has 0 aliphatic rings. The maximum Gasteiger partial charge on any atom is 0.0238 e. The smallest absolute Gasteiger partial charge is 0.0238 e. The molecule has 0 saturated carbocycles. The molecule has 0 spiro atoms. The summed E-state index contributed by atoms with van der Waals surface area (Å²) in [7, 11) is 0. The largest absolute Gasteiger partial charge is 0.314 e. The van der Waals surface area contributed by atoms with Crippen LogP contribution in [0.5, 0.6) is 0 Å². The van der Waals surface area contributed by atoms with Gasteiger partial charge in [-0.2, -0.15) is 5.06 Å². The van der Waals surface area contributed by atoms with Gasteiger partial charge in [-0.3, -0.25) is 0 Å².